The molecule has 5 heterocycles. The molecule has 3 aromatic rings. The predicted octanol–water partition coefficient (Wildman–Crippen LogP) is -0.594. The SMILES string of the molecule is CCON=C(C(=O)NC1C(=O)N2C(C(=O)[O-])=C(C[n+]3ccc4sccc4c3)CS[C@@H]12)c1cnc(N)nc1. The van der Waals surface area contributed by atoms with Gasteiger partial charge in [0.15, 0.2) is 24.7 Å². The second-order valence-corrected chi connectivity index (χ2v) is 10.2. The molecule has 1 fully saturated rings. The maximum atomic E-state index is 13.1. The Hall–Kier alpha value is -4.04. The zero-order valence-electron chi connectivity index (χ0n) is 19.5. The van der Waals surface area contributed by atoms with Crippen molar-refractivity contribution >= 4 is 62.6 Å². The minimum atomic E-state index is -1.44. The minimum absolute atomic E-state index is 0.0224. The fraction of sp³-hybridized carbons (Fsp3) is 0.261. The number of carbonyl (C=O) groups is 3. The van der Waals surface area contributed by atoms with Crippen LogP contribution in [0.3, 0.4) is 0 Å². The average Bonchev–Trinajstić information content (AvgIpc) is 3.36. The third-order valence-corrected chi connectivity index (χ3v) is 8.03. The number of rotatable bonds is 8. The van der Waals surface area contributed by atoms with E-state index in [0.29, 0.717) is 11.3 Å². The second-order valence-electron chi connectivity index (χ2n) is 8.15. The number of carboxylic acids is 1. The Labute approximate surface area is 218 Å². The Balaban J connectivity index is 1.35. The van der Waals surface area contributed by atoms with Gasteiger partial charge in [-0.3, -0.25) is 14.5 Å². The number of oxime groups is 1. The molecule has 0 aromatic carbocycles. The van der Waals surface area contributed by atoms with Crippen LogP contribution in [0, 0.1) is 0 Å². The number of thioether (sulfide) groups is 1. The lowest BCUT2D eigenvalue weighted by atomic mass is 10.0. The number of fused-ring (bicyclic) bond motifs is 2. The first-order chi connectivity index (χ1) is 17.9. The number of aromatic nitrogens is 3. The number of amides is 2. The zero-order chi connectivity index (χ0) is 26.1. The molecule has 2 aliphatic rings. The molecular formula is C23H21N7O5S2. The summed E-state index contributed by atoms with van der Waals surface area (Å²) in [5, 5.41) is 21.0. The summed E-state index contributed by atoms with van der Waals surface area (Å²) in [4.78, 5) is 52.1. The van der Waals surface area contributed by atoms with Gasteiger partial charge in [0.2, 0.25) is 5.95 Å². The number of pyridine rings is 1. The standard InChI is InChI=1S/C23H21N7O5S2/c1-2-35-28-16(13-7-25-23(24)26-8-13)19(31)27-17-20(32)30-18(22(33)34)14(11-37-21(17)30)10-29-5-3-15-12(9-29)4-6-36-15/h3-9,17,21H,2,10-11H2,1H3,(H3-,24,25,26,27,28,31,33,34)/t17?,21-/m0/s1. The zero-order valence-corrected chi connectivity index (χ0v) is 21.1. The first-order valence-electron chi connectivity index (χ1n) is 11.2. The monoisotopic (exact) mass is 539 g/mol. The van der Waals surface area contributed by atoms with E-state index >= 15 is 0 Å². The smallest absolute Gasteiger partial charge is 0.274 e. The summed E-state index contributed by atoms with van der Waals surface area (Å²) >= 11 is 2.98. The van der Waals surface area contributed by atoms with Gasteiger partial charge >= 0.3 is 0 Å². The van der Waals surface area contributed by atoms with Crippen LogP contribution in [0.4, 0.5) is 5.95 Å². The molecule has 3 N–H and O–H groups in total. The van der Waals surface area contributed by atoms with Gasteiger partial charge < -0.3 is 25.8 Å². The van der Waals surface area contributed by atoms with Crippen LogP contribution in [0.1, 0.15) is 12.5 Å². The van der Waals surface area contributed by atoms with Gasteiger partial charge in [0, 0.05) is 40.0 Å². The van der Waals surface area contributed by atoms with Crippen molar-refractivity contribution in [3.8, 4) is 0 Å². The summed E-state index contributed by atoms with van der Waals surface area (Å²) in [6.07, 6.45) is 6.44. The van der Waals surface area contributed by atoms with Crippen LogP contribution in [0.5, 0.6) is 0 Å². The summed E-state index contributed by atoms with van der Waals surface area (Å²) in [5.74, 6) is -2.30. The lowest BCUT2D eigenvalue weighted by Gasteiger charge is -2.50. The van der Waals surface area contributed by atoms with E-state index < -0.39 is 29.2 Å². The van der Waals surface area contributed by atoms with Crippen LogP contribution < -0.4 is 20.7 Å². The molecule has 0 bridgehead atoms. The number of aliphatic carboxylic acids is 1. The normalized spacial score (nSPS) is 19.4. The number of thiophene rings is 1. The quantitative estimate of drug-likeness (QED) is 0.164. The summed E-state index contributed by atoms with van der Waals surface area (Å²) in [5.41, 5.74) is 6.02. The van der Waals surface area contributed by atoms with Crippen LogP contribution >= 0.6 is 23.1 Å². The predicted molar refractivity (Wildman–Crippen MR) is 134 cm³/mol. The Bertz CT molecular complexity index is 1450. The Morgan fingerprint density at radius 3 is 2.86 bits per heavy atom. The third kappa shape index (κ3) is 4.72. The maximum absolute atomic E-state index is 13.1. The van der Waals surface area contributed by atoms with E-state index in [4.69, 9.17) is 10.6 Å². The Kier molecular flexibility index (Phi) is 6.76. The summed E-state index contributed by atoms with van der Waals surface area (Å²) in [7, 11) is 0. The highest BCUT2D eigenvalue weighted by atomic mass is 32.2. The van der Waals surface area contributed by atoms with E-state index in [2.05, 4.69) is 20.4 Å². The highest BCUT2D eigenvalue weighted by molar-refractivity contribution is 8.00. The molecule has 1 saturated heterocycles. The summed E-state index contributed by atoms with van der Waals surface area (Å²) < 4.78 is 3.00. The number of carbonyl (C=O) groups excluding carboxylic acids is 3. The number of nitrogens with zero attached hydrogens (tertiary/aromatic N) is 5. The second kappa shape index (κ2) is 10.1. The number of hydrogen-bond acceptors (Lipinski definition) is 11. The number of nitrogens with two attached hydrogens (primary N) is 1. The van der Waals surface area contributed by atoms with Crippen molar-refractivity contribution in [3.05, 3.63) is 59.1 Å². The molecule has 2 atom stereocenters. The van der Waals surface area contributed by atoms with E-state index in [1.807, 2.05) is 34.5 Å². The first-order valence-corrected chi connectivity index (χ1v) is 13.1. The molecule has 190 valence electrons. The third-order valence-electron chi connectivity index (χ3n) is 5.80. The van der Waals surface area contributed by atoms with Crippen molar-refractivity contribution in [2.24, 2.45) is 5.16 Å². The number of anilines is 1. The van der Waals surface area contributed by atoms with Gasteiger partial charge in [-0.05, 0) is 18.4 Å². The fourth-order valence-corrected chi connectivity index (χ4v) is 6.19. The molecule has 14 heteroatoms. The van der Waals surface area contributed by atoms with Crippen LogP contribution in [0.25, 0.3) is 10.1 Å². The molecule has 0 saturated carbocycles. The van der Waals surface area contributed by atoms with Crippen LogP contribution in [0.15, 0.2) is 58.7 Å². The van der Waals surface area contributed by atoms with Crippen molar-refractivity contribution in [1.29, 1.82) is 0 Å². The summed E-state index contributed by atoms with van der Waals surface area (Å²) in [6, 6.07) is 3.00. The van der Waals surface area contributed by atoms with Crippen molar-refractivity contribution in [1.82, 2.24) is 20.2 Å². The molecule has 12 nitrogen and oxygen atoms in total. The average molecular weight is 540 g/mol. The molecule has 0 radical (unpaired) electrons. The van der Waals surface area contributed by atoms with E-state index in [1.165, 1.54) is 29.1 Å². The minimum Gasteiger partial charge on any atom is -0.543 e. The van der Waals surface area contributed by atoms with Crippen molar-refractivity contribution < 1.29 is 28.9 Å². The van der Waals surface area contributed by atoms with Gasteiger partial charge in [-0.1, -0.05) is 5.16 Å². The van der Waals surface area contributed by atoms with Crippen molar-refractivity contribution in [2.75, 3.05) is 18.1 Å². The van der Waals surface area contributed by atoms with Gasteiger partial charge in [0.1, 0.15) is 18.0 Å². The van der Waals surface area contributed by atoms with Crippen LogP contribution in [0.2, 0.25) is 0 Å². The van der Waals surface area contributed by atoms with Crippen molar-refractivity contribution in [3.63, 3.8) is 0 Å². The lowest BCUT2D eigenvalue weighted by Crippen LogP contribution is -2.71. The summed E-state index contributed by atoms with van der Waals surface area (Å²) in [6.45, 7) is 2.20. The Morgan fingerprint density at radius 2 is 2.14 bits per heavy atom. The van der Waals surface area contributed by atoms with Crippen LogP contribution in [-0.2, 0) is 25.8 Å². The number of carboxylic acid groups (broad SMARTS) is 1. The molecule has 5 rings (SSSR count). The van der Waals surface area contributed by atoms with Gasteiger partial charge in [-0.2, -0.15) is 0 Å². The molecule has 0 spiro atoms. The molecular weight excluding hydrogens is 518 g/mol. The highest BCUT2D eigenvalue weighted by Gasteiger charge is 2.53. The van der Waals surface area contributed by atoms with Gasteiger partial charge in [0.05, 0.1) is 17.1 Å². The van der Waals surface area contributed by atoms with E-state index in [0.717, 1.165) is 10.1 Å². The van der Waals surface area contributed by atoms with Crippen molar-refractivity contribution in [2.45, 2.75) is 24.9 Å². The topological polar surface area (TPSA) is 167 Å². The maximum Gasteiger partial charge on any atom is 0.274 e. The number of hydrogen-bond donors (Lipinski definition) is 2. The number of nitrogens with one attached hydrogen (secondary N) is 1. The molecule has 1 unspecified atom stereocenters. The van der Waals surface area contributed by atoms with E-state index in [9.17, 15) is 19.5 Å². The first kappa shape index (κ1) is 24.6. The molecule has 0 aliphatic carbocycles. The largest absolute Gasteiger partial charge is 0.543 e. The number of nitrogen functional groups attached to an aromatic ring is 1. The fourth-order valence-electron chi connectivity index (χ4n) is 4.09. The highest BCUT2D eigenvalue weighted by Crippen LogP contribution is 2.40. The van der Waals surface area contributed by atoms with E-state index in [-0.39, 0.29) is 36.1 Å². The molecule has 37 heavy (non-hydrogen) atoms. The van der Waals surface area contributed by atoms with Gasteiger partial charge in [-0.25, -0.2) is 14.5 Å². The molecule has 2 amide bonds. The number of β-lactam (4-membered cyclic amide) rings is 1. The van der Waals surface area contributed by atoms with Gasteiger partial charge in [0.25, 0.3) is 11.8 Å². The Morgan fingerprint density at radius 1 is 1.35 bits per heavy atom. The van der Waals surface area contributed by atoms with E-state index in [1.54, 1.807) is 18.3 Å². The van der Waals surface area contributed by atoms with Gasteiger partial charge in [-0.15, -0.1) is 23.1 Å². The molecule has 2 aliphatic heterocycles. The molecule has 3 aromatic heterocycles. The van der Waals surface area contributed by atoms with Crippen LogP contribution in [-0.4, -0.2) is 62.1 Å². The lowest BCUT2D eigenvalue weighted by molar-refractivity contribution is -0.687.